The zero-order valence-electron chi connectivity index (χ0n) is 8.40. The van der Waals surface area contributed by atoms with Gasteiger partial charge >= 0.3 is 0 Å². The quantitative estimate of drug-likeness (QED) is 0.786. The molecule has 0 aliphatic rings. The lowest BCUT2D eigenvalue weighted by molar-refractivity contribution is 0.434. The summed E-state index contributed by atoms with van der Waals surface area (Å²) < 4.78 is 5.14. The Labute approximate surface area is 87.3 Å². The van der Waals surface area contributed by atoms with E-state index in [9.17, 15) is 5.11 Å². The van der Waals surface area contributed by atoms with Gasteiger partial charge in [-0.1, -0.05) is 24.2 Å². The van der Waals surface area contributed by atoms with Gasteiger partial charge in [0.1, 0.15) is 5.75 Å². The summed E-state index contributed by atoms with van der Waals surface area (Å²) in [7, 11) is 0. The summed E-state index contributed by atoms with van der Waals surface area (Å²) in [6, 6.07) is 6.83. The lowest BCUT2D eigenvalue weighted by Crippen LogP contribution is -1.90. The van der Waals surface area contributed by atoms with E-state index in [0.717, 1.165) is 17.5 Å². The second-order valence-electron chi connectivity index (χ2n) is 3.28. The molecule has 0 atom stereocenters. The number of nitrogen functional groups attached to an aromatic ring is 1. The van der Waals surface area contributed by atoms with Crippen molar-refractivity contribution in [3.8, 4) is 17.1 Å². The second kappa shape index (κ2) is 3.65. The van der Waals surface area contributed by atoms with E-state index in [1.54, 1.807) is 18.2 Å². The van der Waals surface area contributed by atoms with Crippen LogP contribution in [-0.2, 0) is 6.42 Å². The summed E-state index contributed by atoms with van der Waals surface area (Å²) in [6.07, 6.45) is 0.750. The summed E-state index contributed by atoms with van der Waals surface area (Å²) in [5.74, 6) is 1.24. The SMILES string of the molecule is CCc1c(N)noc1-c1cccc(O)c1. The molecular formula is C11H12N2O2. The van der Waals surface area contributed by atoms with Gasteiger partial charge in [-0.05, 0) is 18.6 Å². The molecular weight excluding hydrogens is 192 g/mol. The Hall–Kier alpha value is -1.97. The highest BCUT2D eigenvalue weighted by Gasteiger charge is 2.13. The first kappa shape index (κ1) is 9.58. The Balaban J connectivity index is 2.54. The largest absolute Gasteiger partial charge is 0.508 e. The molecule has 0 unspecified atom stereocenters. The van der Waals surface area contributed by atoms with E-state index in [1.165, 1.54) is 0 Å². The molecule has 0 aliphatic heterocycles. The number of hydrogen-bond donors (Lipinski definition) is 2. The van der Waals surface area contributed by atoms with E-state index >= 15 is 0 Å². The van der Waals surface area contributed by atoms with Crippen LogP contribution in [0.15, 0.2) is 28.8 Å². The fraction of sp³-hybridized carbons (Fsp3) is 0.182. The van der Waals surface area contributed by atoms with Crippen molar-refractivity contribution in [3.05, 3.63) is 29.8 Å². The standard InChI is InChI=1S/C11H12N2O2/c1-2-9-10(15-13-11(9)12)7-4-3-5-8(14)6-7/h3-6,14H,2H2,1H3,(H2,12,13). The summed E-state index contributed by atoms with van der Waals surface area (Å²) in [4.78, 5) is 0. The van der Waals surface area contributed by atoms with E-state index in [4.69, 9.17) is 10.3 Å². The van der Waals surface area contributed by atoms with Gasteiger partial charge in [0.25, 0.3) is 0 Å². The average Bonchev–Trinajstić information content (AvgIpc) is 2.59. The van der Waals surface area contributed by atoms with Crippen molar-refractivity contribution in [1.82, 2.24) is 5.16 Å². The van der Waals surface area contributed by atoms with E-state index in [-0.39, 0.29) is 5.75 Å². The molecule has 0 saturated heterocycles. The number of nitrogens with two attached hydrogens (primary N) is 1. The number of nitrogens with zero attached hydrogens (tertiary/aromatic N) is 1. The molecule has 4 heteroatoms. The second-order valence-corrected chi connectivity index (χ2v) is 3.28. The molecule has 0 fully saturated rings. The van der Waals surface area contributed by atoms with Crippen molar-refractivity contribution in [2.24, 2.45) is 0 Å². The van der Waals surface area contributed by atoms with Crippen LogP contribution < -0.4 is 5.73 Å². The topological polar surface area (TPSA) is 72.3 Å². The van der Waals surface area contributed by atoms with Gasteiger partial charge in [-0.25, -0.2) is 0 Å². The van der Waals surface area contributed by atoms with Gasteiger partial charge in [0.05, 0.1) is 0 Å². The summed E-state index contributed by atoms with van der Waals surface area (Å²) in [6.45, 7) is 1.98. The minimum Gasteiger partial charge on any atom is -0.508 e. The zero-order chi connectivity index (χ0) is 10.8. The molecule has 0 radical (unpaired) electrons. The predicted octanol–water partition coefficient (Wildman–Crippen LogP) is 2.19. The Morgan fingerprint density at radius 2 is 2.27 bits per heavy atom. The van der Waals surface area contributed by atoms with Crippen LogP contribution in [0.4, 0.5) is 5.82 Å². The zero-order valence-corrected chi connectivity index (χ0v) is 8.40. The molecule has 0 aliphatic carbocycles. The maximum atomic E-state index is 9.35. The van der Waals surface area contributed by atoms with Crippen LogP contribution in [0.3, 0.4) is 0 Å². The van der Waals surface area contributed by atoms with Crippen molar-refractivity contribution in [3.63, 3.8) is 0 Å². The molecule has 0 saturated carbocycles. The van der Waals surface area contributed by atoms with Gasteiger partial charge in [-0.3, -0.25) is 0 Å². The summed E-state index contributed by atoms with van der Waals surface area (Å²) in [5.41, 5.74) is 7.32. The normalized spacial score (nSPS) is 10.5. The van der Waals surface area contributed by atoms with Crippen LogP contribution in [0.2, 0.25) is 0 Å². The lowest BCUT2D eigenvalue weighted by Gasteiger charge is -1.99. The van der Waals surface area contributed by atoms with Crippen LogP contribution in [0.25, 0.3) is 11.3 Å². The number of phenolic OH excluding ortho intramolecular Hbond substituents is 1. The van der Waals surface area contributed by atoms with Gasteiger partial charge in [0.15, 0.2) is 11.6 Å². The first-order chi connectivity index (χ1) is 7.22. The Morgan fingerprint density at radius 3 is 2.93 bits per heavy atom. The number of rotatable bonds is 2. The fourth-order valence-corrected chi connectivity index (χ4v) is 1.54. The summed E-state index contributed by atoms with van der Waals surface area (Å²) >= 11 is 0. The Bertz CT molecular complexity index is 477. The molecule has 3 N–H and O–H groups in total. The molecule has 1 aromatic carbocycles. The first-order valence-corrected chi connectivity index (χ1v) is 4.75. The van der Waals surface area contributed by atoms with Crippen molar-refractivity contribution < 1.29 is 9.63 Å². The third-order valence-electron chi connectivity index (χ3n) is 2.28. The number of aromatic nitrogens is 1. The molecule has 0 bridgehead atoms. The molecule has 4 nitrogen and oxygen atoms in total. The molecule has 0 amide bonds. The number of phenols is 1. The number of hydrogen-bond acceptors (Lipinski definition) is 4. The molecule has 1 heterocycles. The monoisotopic (exact) mass is 204 g/mol. The molecule has 2 rings (SSSR count). The number of benzene rings is 1. The van der Waals surface area contributed by atoms with Crippen LogP contribution >= 0.6 is 0 Å². The van der Waals surface area contributed by atoms with Gasteiger partial charge in [0.2, 0.25) is 0 Å². The highest BCUT2D eigenvalue weighted by molar-refractivity contribution is 5.67. The van der Waals surface area contributed by atoms with Crippen LogP contribution in [0.5, 0.6) is 5.75 Å². The van der Waals surface area contributed by atoms with E-state index < -0.39 is 0 Å². The Morgan fingerprint density at radius 1 is 1.47 bits per heavy atom. The van der Waals surface area contributed by atoms with Crippen molar-refractivity contribution in [2.75, 3.05) is 5.73 Å². The molecule has 2 aromatic rings. The number of aromatic hydroxyl groups is 1. The predicted molar refractivity (Wildman–Crippen MR) is 57.4 cm³/mol. The maximum Gasteiger partial charge on any atom is 0.172 e. The third kappa shape index (κ3) is 1.66. The highest BCUT2D eigenvalue weighted by Crippen LogP contribution is 2.29. The minimum atomic E-state index is 0.199. The lowest BCUT2D eigenvalue weighted by atomic mass is 10.1. The third-order valence-corrected chi connectivity index (χ3v) is 2.28. The Kier molecular flexibility index (Phi) is 2.33. The summed E-state index contributed by atoms with van der Waals surface area (Å²) in [5, 5.41) is 13.1. The average molecular weight is 204 g/mol. The maximum absolute atomic E-state index is 9.35. The van der Waals surface area contributed by atoms with Gasteiger partial charge in [-0.15, -0.1) is 0 Å². The van der Waals surface area contributed by atoms with Gasteiger partial charge in [0, 0.05) is 11.1 Å². The minimum absolute atomic E-state index is 0.199. The van der Waals surface area contributed by atoms with Crippen LogP contribution in [0, 0.1) is 0 Å². The van der Waals surface area contributed by atoms with E-state index in [0.29, 0.717) is 11.6 Å². The van der Waals surface area contributed by atoms with Crippen molar-refractivity contribution >= 4 is 5.82 Å². The van der Waals surface area contributed by atoms with E-state index in [2.05, 4.69) is 5.16 Å². The molecule has 1 aromatic heterocycles. The fourth-order valence-electron chi connectivity index (χ4n) is 1.54. The van der Waals surface area contributed by atoms with Crippen molar-refractivity contribution in [1.29, 1.82) is 0 Å². The smallest absolute Gasteiger partial charge is 0.172 e. The first-order valence-electron chi connectivity index (χ1n) is 4.75. The van der Waals surface area contributed by atoms with Crippen LogP contribution in [0.1, 0.15) is 12.5 Å². The van der Waals surface area contributed by atoms with Gasteiger partial charge < -0.3 is 15.4 Å². The molecule has 78 valence electrons. The van der Waals surface area contributed by atoms with E-state index in [1.807, 2.05) is 13.0 Å². The molecule has 15 heavy (non-hydrogen) atoms. The van der Waals surface area contributed by atoms with Crippen LogP contribution in [-0.4, -0.2) is 10.3 Å². The molecule has 0 spiro atoms. The van der Waals surface area contributed by atoms with Crippen molar-refractivity contribution in [2.45, 2.75) is 13.3 Å². The van der Waals surface area contributed by atoms with Gasteiger partial charge in [-0.2, -0.15) is 0 Å². The highest BCUT2D eigenvalue weighted by atomic mass is 16.5. The number of anilines is 1.